The SMILES string of the molecule is CCC(CC)NC(=O)C(C)n1cc(I)cn1. The van der Waals surface area contributed by atoms with Crippen molar-refractivity contribution in [1.29, 1.82) is 0 Å². The smallest absolute Gasteiger partial charge is 0.244 e. The number of nitrogens with one attached hydrogen (secondary N) is 1. The van der Waals surface area contributed by atoms with Crippen LogP contribution in [-0.2, 0) is 4.79 Å². The second-order valence-corrected chi connectivity index (χ2v) is 5.08. The average molecular weight is 335 g/mol. The number of aromatic nitrogens is 2. The van der Waals surface area contributed by atoms with Gasteiger partial charge < -0.3 is 5.32 Å². The molecule has 4 nitrogen and oxygen atoms in total. The van der Waals surface area contributed by atoms with Crippen molar-refractivity contribution < 1.29 is 4.79 Å². The fraction of sp³-hybridized carbons (Fsp3) is 0.636. The number of amides is 1. The molecule has 0 saturated carbocycles. The molecule has 0 fully saturated rings. The van der Waals surface area contributed by atoms with E-state index >= 15 is 0 Å². The van der Waals surface area contributed by atoms with Crippen LogP contribution in [0.1, 0.15) is 39.7 Å². The molecule has 1 aromatic heterocycles. The lowest BCUT2D eigenvalue weighted by Crippen LogP contribution is -2.38. The normalized spacial score (nSPS) is 12.8. The lowest BCUT2D eigenvalue weighted by Gasteiger charge is -2.18. The maximum Gasteiger partial charge on any atom is 0.244 e. The Kier molecular flexibility index (Phi) is 5.24. The van der Waals surface area contributed by atoms with Crippen molar-refractivity contribution in [1.82, 2.24) is 15.1 Å². The molecule has 5 heteroatoms. The average Bonchev–Trinajstić information content (AvgIpc) is 2.71. The van der Waals surface area contributed by atoms with Crippen LogP contribution in [0.25, 0.3) is 0 Å². The van der Waals surface area contributed by atoms with E-state index in [9.17, 15) is 4.79 Å². The molecule has 0 saturated heterocycles. The van der Waals surface area contributed by atoms with Crippen molar-refractivity contribution in [3.05, 3.63) is 16.0 Å². The van der Waals surface area contributed by atoms with Crippen LogP contribution < -0.4 is 5.32 Å². The Hall–Kier alpha value is -0.590. The number of carbonyl (C=O) groups excluding carboxylic acids is 1. The predicted molar refractivity (Wildman–Crippen MR) is 72.2 cm³/mol. The molecule has 1 aromatic rings. The zero-order chi connectivity index (χ0) is 12.1. The van der Waals surface area contributed by atoms with Crippen LogP contribution >= 0.6 is 22.6 Å². The standard InChI is InChI=1S/C11H18IN3O/c1-4-10(5-2)14-11(16)8(3)15-7-9(12)6-13-15/h6-8,10H,4-5H2,1-3H3,(H,14,16). The summed E-state index contributed by atoms with van der Waals surface area (Å²) in [5.41, 5.74) is 0. The summed E-state index contributed by atoms with van der Waals surface area (Å²) < 4.78 is 2.74. The van der Waals surface area contributed by atoms with Gasteiger partial charge in [-0.15, -0.1) is 0 Å². The van der Waals surface area contributed by atoms with Gasteiger partial charge in [0.15, 0.2) is 0 Å². The van der Waals surface area contributed by atoms with E-state index in [1.807, 2.05) is 13.1 Å². The van der Waals surface area contributed by atoms with Crippen LogP contribution in [0.3, 0.4) is 0 Å². The van der Waals surface area contributed by atoms with Gasteiger partial charge in [-0.25, -0.2) is 0 Å². The summed E-state index contributed by atoms with van der Waals surface area (Å²) in [6, 6.07) is 0.0219. The Morgan fingerprint density at radius 2 is 2.19 bits per heavy atom. The quantitative estimate of drug-likeness (QED) is 0.840. The first-order valence-electron chi connectivity index (χ1n) is 5.58. The predicted octanol–water partition coefficient (Wildman–Crippen LogP) is 2.35. The van der Waals surface area contributed by atoms with Crippen LogP contribution in [0.4, 0.5) is 0 Å². The van der Waals surface area contributed by atoms with Crippen LogP contribution in [0.15, 0.2) is 12.4 Å². The number of nitrogens with zero attached hydrogens (tertiary/aromatic N) is 2. The maximum atomic E-state index is 11.9. The number of hydrogen-bond acceptors (Lipinski definition) is 2. The van der Waals surface area contributed by atoms with Gasteiger partial charge in [0, 0.05) is 12.2 Å². The van der Waals surface area contributed by atoms with Crippen LogP contribution in [-0.4, -0.2) is 21.7 Å². The monoisotopic (exact) mass is 335 g/mol. The van der Waals surface area contributed by atoms with Crippen LogP contribution in [0.5, 0.6) is 0 Å². The van der Waals surface area contributed by atoms with Gasteiger partial charge in [-0.05, 0) is 42.4 Å². The topological polar surface area (TPSA) is 46.9 Å². The van der Waals surface area contributed by atoms with E-state index in [4.69, 9.17) is 0 Å². The molecule has 0 aliphatic carbocycles. The summed E-state index contributed by atoms with van der Waals surface area (Å²) in [6.07, 6.45) is 5.55. The van der Waals surface area contributed by atoms with Crippen molar-refractivity contribution >= 4 is 28.5 Å². The molecule has 1 rings (SSSR count). The van der Waals surface area contributed by atoms with E-state index in [0.29, 0.717) is 0 Å². The van der Waals surface area contributed by atoms with Gasteiger partial charge in [0.1, 0.15) is 6.04 Å². The van der Waals surface area contributed by atoms with Crippen molar-refractivity contribution in [2.75, 3.05) is 0 Å². The minimum Gasteiger partial charge on any atom is -0.352 e. The second kappa shape index (κ2) is 6.22. The highest BCUT2D eigenvalue weighted by Crippen LogP contribution is 2.09. The highest BCUT2D eigenvalue weighted by molar-refractivity contribution is 14.1. The molecular formula is C11H18IN3O. The zero-order valence-corrected chi connectivity index (χ0v) is 12.1. The third-order valence-corrected chi connectivity index (χ3v) is 3.24. The minimum atomic E-state index is -0.246. The molecule has 1 heterocycles. The summed E-state index contributed by atoms with van der Waals surface area (Å²) in [5, 5.41) is 7.17. The van der Waals surface area contributed by atoms with Gasteiger partial charge in [0.2, 0.25) is 5.91 Å². The molecule has 1 unspecified atom stereocenters. The van der Waals surface area contributed by atoms with E-state index < -0.39 is 0 Å². The molecule has 16 heavy (non-hydrogen) atoms. The van der Waals surface area contributed by atoms with Gasteiger partial charge in [-0.2, -0.15) is 5.10 Å². The lowest BCUT2D eigenvalue weighted by molar-refractivity contribution is -0.124. The molecule has 1 N–H and O–H groups in total. The molecule has 0 radical (unpaired) electrons. The summed E-state index contributed by atoms with van der Waals surface area (Å²) in [6.45, 7) is 6.02. The minimum absolute atomic E-state index is 0.0354. The van der Waals surface area contributed by atoms with E-state index in [1.165, 1.54) is 0 Å². The summed E-state index contributed by atoms with van der Waals surface area (Å²) in [7, 11) is 0. The summed E-state index contributed by atoms with van der Waals surface area (Å²) in [4.78, 5) is 11.9. The highest BCUT2D eigenvalue weighted by Gasteiger charge is 2.17. The summed E-state index contributed by atoms with van der Waals surface area (Å²) in [5.74, 6) is 0.0354. The van der Waals surface area contributed by atoms with Gasteiger partial charge in [0.25, 0.3) is 0 Å². The fourth-order valence-electron chi connectivity index (χ4n) is 1.46. The first-order valence-corrected chi connectivity index (χ1v) is 6.66. The van der Waals surface area contributed by atoms with Crippen molar-refractivity contribution in [3.8, 4) is 0 Å². The Labute approximate surface area is 110 Å². The second-order valence-electron chi connectivity index (χ2n) is 3.84. The fourth-order valence-corrected chi connectivity index (χ4v) is 1.87. The van der Waals surface area contributed by atoms with E-state index in [2.05, 4.69) is 46.9 Å². The van der Waals surface area contributed by atoms with Crippen molar-refractivity contribution in [2.45, 2.75) is 45.7 Å². The van der Waals surface area contributed by atoms with Crippen molar-refractivity contribution in [2.24, 2.45) is 0 Å². The number of hydrogen-bond donors (Lipinski definition) is 1. The van der Waals surface area contributed by atoms with E-state index in [0.717, 1.165) is 16.4 Å². The number of carbonyl (C=O) groups is 1. The number of rotatable bonds is 5. The Bertz CT molecular complexity index is 347. The third-order valence-electron chi connectivity index (χ3n) is 2.68. The van der Waals surface area contributed by atoms with E-state index in [-0.39, 0.29) is 18.0 Å². The van der Waals surface area contributed by atoms with Crippen molar-refractivity contribution in [3.63, 3.8) is 0 Å². The molecule has 0 aliphatic rings. The molecular weight excluding hydrogens is 317 g/mol. The molecule has 0 bridgehead atoms. The Balaban J connectivity index is 2.60. The first kappa shape index (κ1) is 13.5. The first-order chi connectivity index (χ1) is 7.58. The largest absolute Gasteiger partial charge is 0.352 e. The third kappa shape index (κ3) is 3.47. The Morgan fingerprint density at radius 1 is 1.56 bits per heavy atom. The molecule has 0 aromatic carbocycles. The van der Waals surface area contributed by atoms with Gasteiger partial charge in [-0.3, -0.25) is 9.48 Å². The maximum absolute atomic E-state index is 11.9. The Morgan fingerprint density at radius 3 is 2.62 bits per heavy atom. The highest BCUT2D eigenvalue weighted by atomic mass is 127. The van der Waals surface area contributed by atoms with Gasteiger partial charge in [-0.1, -0.05) is 13.8 Å². The number of halogens is 1. The molecule has 0 spiro atoms. The van der Waals surface area contributed by atoms with Gasteiger partial charge >= 0.3 is 0 Å². The lowest BCUT2D eigenvalue weighted by atomic mass is 10.1. The molecule has 0 aliphatic heterocycles. The molecule has 1 atom stereocenters. The van der Waals surface area contributed by atoms with Crippen LogP contribution in [0.2, 0.25) is 0 Å². The summed E-state index contributed by atoms with van der Waals surface area (Å²) >= 11 is 2.18. The van der Waals surface area contributed by atoms with E-state index in [1.54, 1.807) is 10.9 Å². The molecule has 90 valence electrons. The molecule has 1 amide bonds. The van der Waals surface area contributed by atoms with Gasteiger partial charge in [0.05, 0.1) is 9.77 Å². The zero-order valence-electron chi connectivity index (χ0n) is 9.90. The van der Waals surface area contributed by atoms with Crippen LogP contribution in [0, 0.1) is 3.57 Å².